The van der Waals surface area contributed by atoms with Gasteiger partial charge in [0.2, 0.25) is 5.91 Å². The van der Waals surface area contributed by atoms with Crippen LogP contribution >= 0.6 is 0 Å². The lowest BCUT2D eigenvalue weighted by atomic mass is 10.1. The average molecular weight is 266 g/mol. The molecule has 1 atom stereocenters. The number of pyridine rings is 1. The highest BCUT2D eigenvalue weighted by Crippen LogP contribution is 2.03. The van der Waals surface area contributed by atoms with Gasteiger partial charge in [0.25, 0.3) is 0 Å². The van der Waals surface area contributed by atoms with Gasteiger partial charge >= 0.3 is 12.0 Å². The van der Waals surface area contributed by atoms with Gasteiger partial charge in [-0.05, 0) is 18.6 Å². The summed E-state index contributed by atoms with van der Waals surface area (Å²) >= 11 is 0. The molecule has 5 N–H and O–H groups in total. The summed E-state index contributed by atoms with van der Waals surface area (Å²) < 4.78 is 0. The van der Waals surface area contributed by atoms with Gasteiger partial charge < -0.3 is 21.5 Å². The van der Waals surface area contributed by atoms with Crippen LogP contribution in [0.25, 0.3) is 0 Å². The zero-order valence-corrected chi connectivity index (χ0v) is 10.00. The van der Waals surface area contributed by atoms with Crippen molar-refractivity contribution in [2.75, 3.05) is 5.32 Å². The molecule has 0 saturated heterocycles. The molecule has 0 fully saturated rings. The number of rotatable bonds is 6. The van der Waals surface area contributed by atoms with Crippen molar-refractivity contribution in [3.8, 4) is 0 Å². The molecule has 19 heavy (non-hydrogen) atoms. The number of nitrogens with zero attached hydrogens (tertiary/aromatic N) is 1. The van der Waals surface area contributed by atoms with Gasteiger partial charge in [0.05, 0.1) is 11.9 Å². The molecule has 1 aromatic rings. The quantitative estimate of drug-likeness (QED) is 0.571. The van der Waals surface area contributed by atoms with Gasteiger partial charge in [-0.3, -0.25) is 9.78 Å². The molecule has 3 amide bonds. The van der Waals surface area contributed by atoms with Crippen molar-refractivity contribution < 1.29 is 19.5 Å². The largest absolute Gasteiger partial charge is 0.480 e. The summed E-state index contributed by atoms with van der Waals surface area (Å²) in [7, 11) is 0. The van der Waals surface area contributed by atoms with Gasteiger partial charge in [-0.2, -0.15) is 0 Å². The molecule has 0 aromatic carbocycles. The SMILES string of the molecule is NC(=O)CC[C@@H](NC(=O)Nc1cccnc1)C(=O)O. The van der Waals surface area contributed by atoms with Crippen LogP contribution in [0, 0.1) is 0 Å². The molecule has 0 aliphatic heterocycles. The molecule has 0 unspecified atom stereocenters. The normalized spacial score (nSPS) is 11.4. The minimum Gasteiger partial charge on any atom is -0.480 e. The van der Waals surface area contributed by atoms with Gasteiger partial charge in [0.15, 0.2) is 0 Å². The first-order valence-corrected chi connectivity index (χ1v) is 5.47. The van der Waals surface area contributed by atoms with Crippen molar-refractivity contribution in [1.29, 1.82) is 0 Å². The molecule has 1 rings (SSSR count). The number of hydrogen-bond donors (Lipinski definition) is 4. The van der Waals surface area contributed by atoms with Crippen molar-refractivity contribution in [2.24, 2.45) is 5.73 Å². The van der Waals surface area contributed by atoms with Crippen molar-refractivity contribution in [3.05, 3.63) is 24.5 Å². The minimum atomic E-state index is -1.23. The first-order chi connectivity index (χ1) is 8.99. The average Bonchev–Trinajstić information content (AvgIpc) is 2.35. The number of nitrogens with two attached hydrogens (primary N) is 1. The van der Waals surface area contributed by atoms with Crippen LogP contribution in [0.3, 0.4) is 0 Å². The predicted octanol–water partition coefficient (Wildman–Crippen LogP) is -0.0782. The van der Waals surface area contributed by atoms with Gasteiger partial charge in [0.1, 0.15) is 6.04 Å². The van der Waals surface area contributed by atoms with Crippen LogP contribution in [0.1, 0.15) is 12.8 Å². The molecule has 1 aromatic heterocycles. The number of anilines is 1. The fraction of sp³-hybridized carbons (Fsp3) is 0.273. The molecule has 102 valence electrons. The minimum absolute atomic E-state index is 0.0644. The molecular weight excluding hydrogens is 252 g/mol. The van der Waals surface area contributed by atoms with Gasteiger partial charge in [-0.15, -0.1) is 0 Å². The molecule has 0 spiro atoms. The fourth-order valence-corrected chi connectivity index (χ4v) is 1.31. The van der Waals surface area contributed by atoms with Crippen LogP contribution in [0.5, 0.6) is 0 Å². The molecular formula is C11H14N4O4. The monoisotopic (exact) mass is 266 g/mol. The highest BCUT2D eigenvalue weighted by atomic mass is 16.4. The summed E-state index contributed by atoms with van der Waals surface area (Å²) in [5, 5.41) is 13.6. The Balaban J connectivity index is 2.52. The van der Waals surface area contributed by atoms with E-state index in [1.54, 1.807) is 12.1 Å². The van der Waals surface area contributed by atoms with E-state index in [9.17, 15) is 14.4 Å². The van der Waals surface area contributed by atoms with Crippen molar-refractivity contribution >= 4 is 23.6 Å². The van der Waals surface area contributed by atoms with E-state index < -0.39 is 23.9 Å². The smallest absolute Gasteiger partial charge is 0.326 e. The van der Waals surface area contributed by atoms with E-state index in [0.717, 1.165) is 0 Å². The fourth-order valence-electron chi connectivity index (χ4n) is 1.31. The molecule has 8 heteroatoms. The Morgan fingerprint density at radius 1 is 1.42 bits per heavy atom. The van der Waals surface area contributed by atoms with Crippen LogP contribution in [-0.4, -0.2) is 34.0 Å². The number of carboxylic acids is 1. The third-order valence-corrected chi connectivity index (χ3v) is 2.20. The maximum absolute atomic E-state index is 11.5. The number of primary amides is 1. The van der Waals surface area contributed by atoms with E-state index in [2.05, 4.69) is 15.6 Å². The maximum Gasteiger partial charge on any atom is 0.326 e. The summed E-state index contributed by atoms with van der Waals surface area (Å²) in [5.74, 6) is -1.86. The second-order valence-corrected chi connectivity index (χ2v) is 3.74. The Labute approximate surface area is 109 Å². The highest BCUT2D eigenvalue weighted by molar-refractivity contribution is 5.92. The van der Waals surface area contributed by atoms with Crippen molar-refractivity contribution in [1.82, 2.24) is 10.3 Å². The third-order valence-electron chi connectivity index (χ3n) is 2.20. The lowest BCUT2D eigenvalue weighted by Crippen LogP contribution is -2.43. The summed E-state index contributed by atoms with van der Waals surface area (Å²) in [5.41, 5.74) is 5.36. The Morgan fingerprint density at radius 3 is 2.68 bits per heavy atom. The van der Waals surface area contributed by atoms with Crippen LogP contribution in [-0.2, 0) is 9.59 Å². The predicted molar refractivity (Wildman–Crippen MR) is 66.2 cm³/mol. The standard InChI is InChI=1S/C11H14N4O4/c12-9(16)4-3-8(10(17)18)15-11(19)14-7-2-1-5-13-6-7/h1-2,5-6,8H,3-4H2,(H2,12,16)(H,17,18)(H2,14,15,19)/t8-/m1/s1. The lowest BCUT2D eigenvalue weighted by molar-refractivity contribution is -0.139. The molecule has 0 bridgehead atoms. The zero-order chi connectivity index (χ0) is 14.3. The first-order valence-electron chi connectivity index (χ1n) is 5.47. The number of aliphatic carboxylic acids is 1. The topological polar surface area (TPSA) is 134 Å². The van der Waals surface area contributed by atoms with E-state index in [0.29, 0.717) is 5.69 Å². The number of carbonyl (C=O) groups excluding carboxylic acids is 2. The van der Waals surface area contributed by atoms with E-state index in [1.165, 1.54) is 12.4 Å². The molecule has 0 saturated carbocycles. The second kappa shape index (κ2) is 6.94. The van der Waals surface area contributed by atoms with E-state index in [1.807, 2.05) is 0 Å². The molecule has 1 heterocycles. The van der Waals surface area contributed by atoms with Gasteiger partial charge in [0, 0.05) is 12.6 Å². The number of urea groups is 1. The maximum atomic E-state index is 11.5. The Hall–Kier alpha value is -2.64. The summed E-state index contributed by atoms with van der Waals surface area (Å²) in [6, 6.07) is 1.36. The van der Waals surface area contributed by atoms with Crippen molar-refractivity contribution in [3.63, 3.8) is 0 Å². The van der Waals surface area contributed by atoms with Gasteiger partial charge in [-0.1, -0.05) is 0 Å². The number of amides is 3. The Bertz CT molecular complexity index is 463. The number of hydrogen-bond acceptors (Lipinski definition) is 4. The van der Waals surface area contributed by atoms with Crippen molar-refractivity contribution in [2.45, 2.75) is 18.9 Å². The molecule has 0 radical (unpaired) electrons. The zero-order valence-electron chi connectivity index (χ0n) is 10.00. The Morgan fingerprint density at radius 2 is 2.16 bits per heavy atom. The highest BCUT2D eigenvalue weighted by Gasteiger charge is 2.20. The number of carboxylic acid groups (broad SMARTS) is 1. The lowest BCUT2D eigenvalue weighted by Gasteiger charge is -2.14. The summed E-state index contributed by atoms with van der Waals surface area (Å²) in [4.78, 5) is 36.8. The number of nitrogens with one attached hydrogen (secondary N) is 2. The summed E-state index contributed by atoms with van der Waals surface area (Å²) in [6.07, 6.45) is 2.77. The van der Waals surface area contributed by atoms with E-state index in [-0.39, 0.29) is 12.8 Å². The van der Waals surface area contributed by atoms with E-state index in [4.69, 9.17) is 10.8 Å². The van der Waals surface area contributed by atoms with E-state index >= 15 is 0 Å². The van der Waals surface area contributed by atoms with Crippen LogP contribution < -0.4 is 16.4 Å². The van der Waals surface area contributed by atoms with Crippen LogP contribution in [0.15, 0.2) is 24.5 Å². The van der Waals surface area contributed by atoms with Crippen LogP contribution in [0.4, 0.5) is 10.5 Å². The third kappa shape index (κ3) is 5.48. The molecule has 0 aliphatic rings. The van der Waals surface area contributed by atoms with Gasteiger partial charge in [-0.25, -0.2) is 9.59 Å². The molecule has 0 aliphatic carbocycles. The Kier molecular flexibility index (Phi) is 5.27. The summed E-state index contributed by atoms with van der Waals surface area (Å²) in [6.45, 7) is 0. The first kappa shape index (κ1) is 14.4. The second-order valence-electron chi connectivity index (χ2n) is 3.74. The number of carbonyl (C=O) groups is 3. The number of aromatic nitrogens is 1. The molecule has 8 nitrogen and oxygen atoms in total. The van der Waals surface area contributed by atoms with Crippen LogP contribution in [0.2, 0.25) is 0 Å².